The molecule has 0 aromatic heterocycles. The van der Waals surface area contributed by atoms with E-state index in [2.05, 4.69) is 0 Å². The van der Waals surface area contributed by atoms with Crippen molar-refractivity contribution in [2.45, 2.75) is 25.9 Å². The van der Waals surface area contributed by atoms with Gasteiger partial charge < -0.3 is 9.47 Å². The van der Waals surface area contributed by atoms with E-state index < -0.39 is 5.97 Å². The molecule has 132 valence electrons. The predicted octanol–water partition coefficient (Wildman–Crippen LogP) is 2.08. The molecule has 0 unspecified atom stereocenters. The average molecular weight is 343 g/mol. The number of carbonyl (C=O) groups excluding carboxylic acids is 3. The lowest BCUT2D eigenvalue weighted by molar-refractivity contribution is -0.146. The summed E-state index contributed by atoms with van der Waals surface area (Å²) in [5, 5.41) is 0. The quantitative estimate of drug-likeness (QED) is 0.449. The fraction of sp³-hybridized carbons (Fsp3) is 0.421. The molecule has 1 aromatic carbocycles. The molecule has 0 radical (unpaired) electrons. The van der Waals surface area contributed by atoms with E-state index in [0.717, 1.165) is 5.56 Å². The summed E-state index contributed by atoms with van der Waals surface area (Å²) in [7, 11) is 1.56. The molecule has 0 saturated carbocycles. The largest absolute Gasteiger partial charge is 0.496 e. The fourth-order valence-electron chi connectivity index (χ4n) is 3.35. The first kappa shape index (κ1) is 17.2. The summed E-state index contributed by atoms with van der Waals surface area (Å²) in [6.07, 6.45) is 5.09. The van der Waals surface area contributed by atoms with Gasteiger partial charge in [0.05, 0.1) is 25.4 Å². The van der Waals surface area contributed by atoms with Crippen LogP contribution in [-0.2, 0) is 25.7 Å². The number of hydrogen-bond acceptors (Lipinski definition) is 5. The predicted molar refractivity (Wildman–Crippen MR) is 89.5 cm³/mol. The number of amides is 2. The number of hydrogen-bond donors (Lipinski definition) is 0. The van der Waals surface area contributed by atoms with Gasteiger partial charge in [-0.15, -0.1) is 0 Å². The lowest BCUT2D eigenvalue weighted by atomic mass is 9.85. The Balaban J connectivity index is 1.51. The molecule has 0 N–H and O–H groups in total. The highest BCUT2D eigenvalue weighted by molar-refractivity contribution is 6.05. The van der Waals surface area contributed by atoms with Crippen LogP contribution in [0.1, 0.15) is 24.8 Å². The second-order valence-corrected chi connectivity index (χ2v) is 6.21. The highest BCUT2D eigenvalue weighted by Gasteiger charge is 2.46. The smallest absolute Gasteiger partial charge is 0.307 e. The Kier molecular flexibility index (Phi) is 5.16. The van der Waals surface area contributed by atoms with Gasteiger partial charge in [-0.1, -0.05) is 30.4 Å². The van der Waals surface area contributed by atoms with Crippen molar-refractivity contribution in [2.75, 3.05) is 13.7 Å². The van der Waals surface area contributed by atoms with Gasteiger partial charge in [-0.3, -0.25) is 19.3 Å². The zero-order chi connectivity index (χ0) is 17.8. The summed E-state index contributed by atoms with van der Waals surface area (Å²) in [5.74, 6) is -0.658. The summed E-state index contributed by atoms with van der Waals surface area (Å²) in [6, 6.07) is 7.28. The van der Waals surface area contributed by atoms with E-state index in [9.17, 15) is 14.4 Å². The van der Waals surface area contributed by atoms with Crippen LogP contribution >= 0.6 is 0 Å². The third-order valence-electron chi connectivity index (χ3n) is 4.72. The first-order valence-corrected chi connectivity index (χ1v) is 8.39. The molecule has 2 amide bonds. The molecule has 0 bridgehead atoms. The van der Waals surface area contributed by atoms with E-state index in [1.165, 1.54) is 4.90 Å². The molecule has 0 spiro atoms. The topological polar surface area (TPSA) is 72.9 Å². The van der Waals surface area contributed by atoms with Crippen LogP contribution in [0.15, 0.2) is 36.4 Å². The monoisotopic (exact) mass is 343 g/mol. The minimum atomic E-state index is -0.445. The van der Waals surface area contributed by atoms with Crippen molar-refractivity contribution in [2.24, 2.45) is 11.8 Å². The van der Waals surface area contributed by atoms with E-state index in [1.54, 1.807) is 13.2 Å². The molecule has 1 fully saturated rings. The lowest BCUT2D eigenvalue weighted by Gasteiger charge is -2.14. The Morgan fingerprint density at radius 2 is 1.76 bits per heavy atom. The second kappa shape index (κ2) is 7.51. The minimum Gasteiger partial charge on any atom is -0.496 e. The van der Waals surface area contributed by atoms with Crippen molar-refractivity contribution in [3.63, 3.8) is 0 Å². The Morgan fingerprint density at radius 3 is 2.40 bits per heavy atom. The molecule has 1 aromatic rings. The van der Waals surface area contributed by atoms with Gasteiger partial charge in [0.15, 0.2) is 0 Å². The number of benzene rings is 1. The molecule has 6 heteroatoms. The molecule has 6 nitrogen and oxygen atoms in total. The van der Waals surface area contributed by atoms with Gasteiger partial charge in [0.1, 0.15) is 12.4 Å². The number of carbonyl (C=O) groups is 3. The van der Waals surface area contributed by atoms with Crippen molar-refractivity contribution in [1.29, 1.82) is 0 Å². The van der Waals surface area contributed by atoms with E-state index in [-0.39, 0.29) is 43.2 Å². The number of methoxy groups -OCH3 is 1. The van der Waals surface area contributed by atoms with Gasteiger partial charge in [-0.25, -0.2) is 0 Å². The summed E-state index contributed by atoms with van der Waals surface area (Å²) < 4.78 is 10.4. The van der Waals surface area contributed by atoms with Crippen molar-refractivity contribution >= 4 is 17.8 Å². The number of fused-ring (bicyclic) bond motifs is 1. The van der Waals surface area contributed by atoms with Crippen molar-refractivity contribution in [3.8, 4) is 5.75 Å². The number of imide groups is 1. The third kappa shape index (κ3) is 3.57. The van der Waals surface area contributed by atoms with Crippen LogP contribution in [0, 0.1) is 11.8 Å². The highest BCUT2D eigenvalue weighted by Crippen LogP contribution is 2.35. The number of esters is 1. The van der Waals surface area contributed by atoms with Crippen molar-refractivity contribution < 1.29 is 23.9 Å². The molecule has 3 rings (SSSR count). The van der Waals surface area contributed by atoms with Crippen LogP contribution in [0.3, 0.4) is 0 Å². The van der Waals surface area contributed by atoms with E-state index in [0.29, 0.717) is 18.6 Å². The zero-order valence-electron chi connectivity index (χ0n) is 14.1. The Hall–Kier alpha value is -2.63. The third-order valence-corrected chi connectivity index (χ3v) is 4.72. The van der Waals surface area contributed by atoms with Gasteiger partial charge in [0.25, 0.3) is 0 Å². The SMILES string of the molecule is COc1ccccc1COC(=O)CCN1C(=O)[C@H]2CC=CC[C@@H]2C1=O. The number of nitrogens with zero attached hydrogens (tertiary/aromatic N) is 1. The molecule has 1 aliphatic carbocycles. The zero-order valence-corrected chi connectivity index (χ0v) is 14.1. The van der Waals surface area contributed by atoms with Crippen LogP contribution in [0.2, 0.25) is 0 Å². The summed E-state index contributed by atoms with van der Waals surface area (Å²) in [6.45, 7) is 0.176. The number of likely N-dealkylation sites (tertiary alicyclic amines) is 1. The Bertz CT molecular complexity index is 686. The van der Waals surface area contributed by atoms with Gasteiger partial charge in [-0.2, -0.15) is 0 Å². The van der Waals surface area contributed by atoms with Gasteiger partial charge >= 0.3 is 5.97 Å². The molecule has 1 heterocycles. The standard InChI is InChI=1S/C19H21NO5/c1-24-16-9-5-2-6-13(16)12-25-17(21)10-11-20-18(22)14-7-3-4-8-15(14)19(20)23/h2-6,9,14-15H,7-8,10-12H2,1H3/t14-,15-/m0/s1. The van der Waals surface area contributed by atoms with Gasteiger partial charge in [-0.05, 0) is 18.9 Å². The van der Waals surface area contributed by atoms with E-state index >= 15 is 0 Å². The Labute approximate surface area is 146 Å². The maximum absolute atomic E-state index is 12.3. The number of ether oxygens (including phenoxy) is 2. The number of rotatable bonds is 6. The van der Waals surface area contributed by atoms with Crippen LogP contribution in [0.5, 0.6) is 5.75 Å². The lowest BCUT2D eigenvalue weighted by Crippen LogP contribution is -2.33. The molecule has 25 heavy (non-hydrogen) atoms. The minimum absolute atomic E-state index is 0.000498. The first-order valence-electron chi connectivity index (χ1n) is 8.39. The van der Waals surface area contributed by atoms with Gasteiger partial charge in [0.2, 0.25) is 11.8 Å². The summed E-state index contributed by atoms with van der Waals surface area (Å²) >= 11 is 0. The maximum Gasteiger partial charge on any atom is 0.307 e. The maximum atomic E-state index is 12.3. The first-order chi connectivity index (χ1) is 12.1. The van der Waals surface area contributed by atoms with Crippen LogP contribution in [0.25, 0.3) is 0 Å². The fourth-order valence-corrected chi connectivity index (χ4v) is 3.35. The molecule has 1 aliphatic heterocycles. The van der Waals surface area contributed by atoms with E-state index in [4.69, 9.17) is 9.47 Å². The number of allylic oxidation sites excluding steroid dienone is 2. The number of para-hydroxylation sites is 1. The van der Waals surface area contributed by atoms with Crippen molar-refractivity contribution in [3.05, 3.63) is 42.0 Å². The molecular formula is C19H21NO5. The van der Waals surface area contributed by atoms with E-state index in [1.807, 2.05) is 30.4 Å². The molecule has 1 saturated heterocycles. The van der Waals surface area contributed by atoms with Crippen LogP contribution in [-0.4, -0.2) is 36.3 Å². The molecule has 2 aliphatic rings. The van der Waals surface area contributed by atoms with Gasteiger partial charge in [0, 0.05) is 12.1 Å². The molecular weight excluding hydrogens is 322 g/mol. The van der Waals surface area contributed by atoms with Crippen LogP contribution < -0.4 is 4.74 Å². The Morgan fingerprint density at radius 1 is 1.12 bits per heavy atom. The summed E-state index contributed by atoms with van der Waals surface area (Å²) in [5.41, 5.74) is 0.767. The highest BCUT2D eigenvalue weighted by atomic mass is 16.5. The summed E-state index contributed by atoms with van der Waals surface area (Å²) in [4.78, 5) is 37.8. The molecule has 2 atom stereocenters. The average Bonchev–Trinajstić information content (AvgIpc) is 2.89. The normalized spacial score (nSPS) is 22.0. The van der Waals surface area contributed by atoms with Crippen molar-refractivity contribution in [1.82, 2.24) is 4.90 Å². The second-order valence-electron chi connectivity index (χ2n) is 6.21. The van der Waals surface area contributed by atoms with Crippen LogP contribution in [0.4, 0.5) is 0 Å².